The number of phenols is 1. The van der Waals surface area contributed by atoms with Gasteiger partial charge in [-0.15, -0.1) is 11.6 Å². The van der Waals surface area contributed by atoms with Crippen molar-refractivity contribution < 1.29 is 87.0 Å². The zero-order valence-electron chi connectivity index (χ0n) is 67.6. The van der Waals surface area contributed by atoms with Crippen LogP contribution in [0, 0.1) is 6.92 Å². The molecular formula is C81H94Cl5N14NaO15. The standard InChI is InChI=1S/C21H25ClN4O4.C16H18ClN3O4.C16H16ClN3O3.C15H14ClN3O3.C7H8.C6H12ClNO.Na.H/c1-13(2)23-21-25-16(12-30-21)15-11-17(27)14-3-4-18(19(22)20(14)24-15)29-10-7-26-5-8-28-9-6-26;1-8(2)18-16-19-11(7-24-16)15(22)20-14-10(9(3)21)5-6-12(23-4)13(14)17;1-8(2)18-16-20-11(7-23-16)10-6-12(21)9-4-5-13(22-3)14(17)15(9)19-10;1-7(2)17-15-19-10(6-22-15)9-5-12(21)8-3-4-11(20)13(16)14(8)18-9;1-7-5-3-2-4-6-7;7-1-2-8-3-5-9-6-4-8;;/h3-4,11-13H,5-10H2,1-2H3,(H,23,25)(H,24,27);5-8H,1-4H3,(H,18,19)(H,20,22);4-8H,1-3H3,(H,18,20)(H,19,21);3-7,20H,1-2H3,(H,17,19)(H,18,21);2-6H,1H3;1-6H2;;/q;;;;;;+1;-1. The molecule has 0 spiro atoms. The number of rotatable bonds is 22. The molecule has 116 heavy (non-hydrogen) atoms. The van der Waals surface area contributed by atoms with Gasteiger partial charge in [-0.1, -0.05) is 82.3 Å². The second-order valence-electron chi connectivity index (χ2n) is 27.2. The number of H-pyrrole nitrogens is 3. The topological polar surface area (TPSA) is 370 Å². The first-order valence-electron chi connectivity index (χ1n) is 36.8. The number of carbonyl (C=O) groups excluding carboxylic acids is 2. The molecule has 9 heterocycles. The number of ether oxygens (including phenoxy) is 5. The molecule has 14 rings (SSSR count). The van der Waals surface area contributed by atoms with Crippen LogP contribution >= 0.6 is 58.0 Å². The number of phenolic OH excluding ortho intramolecular Hbond substituents is 1. The van der Waals surface area contributed by atoms with E-state index in [1.165, 1.54) is 88.2 Å². The molecule has 0 unspecified atom stereocenters. The van der Waals surface area contributed by atoms with Crippen LogP contribution in [0.25, 0.3) is 66.9 Å². The number of hydrogen-bond donors (Lipinski definition) is 9. The number of amides is 1. The fourth-order valence-corrected chi connectivity index (χ4v) is 12.5. The normalized spacial score (nSPS) is 12.7. The zero-order chi connectivity index (χ0) is 83.0. The Morgan fingerprint density at radius 2 is 0.914 bits per heavy atom. The van der Waals surface area contributed by atoms with Crippen LogP contribution in [0.3, 0.4) is 0 Å². The number of aryl methyl sites for hydroxylation is 1. The molecule has 9 N–H and O–H groups in total. The second kappa shape index (κ2) is 44.7. The van der Waals surface area contributed by atoms with E-state index in [9.17, 15) is 29.1 Å². The number of aromatic amines is 3. The van der Waals surface area contributed by atoms with Crippen molar-refractivity contribution in [3.8, 4) is 57.2 Å². The molecule has 2 aliphatic heterocycles. The number of aromatic nitrogens is 7. The average molecular weight is 1700 g/mol. The Hall–Kier alpha value is -9.60. The molecule has 0 bridgehead atoms. The minimum atomic E-state index is -0.548. The number of benzene rings is 5. The van der Waals surface area contributed by atoms with Crippen molar-refractivity contribution in [3.63, 3.8) is 0 Å². The number of methoxy groups -OCH3 is 2. The zero-order valence-corrected chi connectivity index (χ0v) is 72.4. The number of aromatic hydroxyl groups is 1. The molecule has 0 saturated carbocycles. The van der Waals surface area contributed by atoms with E-state index in [0.29, 0.717) is 119 Å². The van der Waals surface area contributed by atoms with Crippen LogP contribution in [0.2, 0.25) is 20.1 Å². The second-order valence-corrected chi connectivity index (χ2v) is 29.1. The van der Waals surface area contributed by atoms with Crippen molar-refractivity contribution in [2.24, 2.45) is 0 Å². The number of fused-ring (bicyclic) bond motifs is 3. The van der Waals surface area contributed by atoms with Crippen molar-refractivity contribution in [2.45, 2.75) is 93.4 Å². The molecule has 0 aliphatic carbocycles. The van der Waals surface area contributed by atoms with Gasteiger partial charge in [0.1, 0.15) is 91.8 Å². The maximum absolute atomic E-state index is 12.6. The summed E-state index contributed by atoms with van der Waals surface area (Å²) in [7, 11) is 2.97. The quantitative estimate of drug-likeness (QED) is 0.0173. The van der Waals surface area contributed by atoms with E-state index < -0.39 is 5.91 Å². The number of nitrogens with one attached hydrogen (secondary N) is 8. The van der Waals surface area contributed by atoms with Crippen LogP contribution in [-0.2, 0) is 9.47 Å². The van der Waals surface area contributed by atoms with Gasteiger partial charge in [-0.25, -0.2) is 0 Å². The van der Waals surface area contributed by atoms with Crippen molar-refractivity contribution in [3.05, 3.63) is 190 Å². The molecule has 7 aromatic heterocycles. The molecule has 2 fully saturated rings. The third kappa shape index (κ3) is 25.9. The van der Waals surface area contributed by atoms with Gasteiger partial charge in [0.15, 0.2) is 27.8 Å². The van der Waals surface area contributed by atoms with E-state index in [0.717, 1.165) is 71.6 Å². The fourth-order valence-electron chi connectivity index (χ4n) is 11.2. The number of Topliss-reactive ketones (excluding diaryl/α,β-unsaturated/α-hetero) is 1. The first kappa shape index (κ1) is 91.9. The van der Waals surface area contributed by atoms with Crippen LogP contribution < -0.4 is 86.6 Å². The third-order valence-corrected chi connectivity index (χ3v) is 18.5. The van der Waals surface area contributed by atoms with Crippen LogP contribution in [0.5, 0.6) is 23.0 Å². The van der Waals surface area contributed by atoms with Crippen LogP contribution in [-0.4, -0.2) is 178 Å². The number of hydrogen-bond acceptors (Lipinski definition) is 25. The van der Waals surface area contributed by atoms with Gasteiger partial charge >= 0.3 is 29.6 Å². The molecule has 1 amide bonds. The summed E-state index contributed by atoms with van der Waals surface area (Å²) in [5.41, 5.74) is 5.74. The minimum Gasteiger partial charge on any atom is -1.00 e. The molecule has 5 aromatic carbocycles. The molecule has 29 nitrogen and oxygen atoms in total. The summed E-state index contributed by atoms with van der Waals surface area (Å²) >= 11 is 30.7. The predicted octanol–water partition coefficient (Wildman–Crippen LogP) is 13.7. The van der Waals surface area contributed by atoms with Crippen molar-refractivity contribution in [1.29, 1.82) is 0 Å². The van der Waals surface area contributed by atoms with Gasteiger partial charge in [-0.3, -0.25) is 33.8 Å². The van der Waals surface area contributed by atoms with Crippen molar-refractivity contribution >= 4 is 132 Å². The molecule has 2 saturated heterocycles. The van der Waals surface area contributed by atoms with E-state index in [2.05, 4.69) is 90.3 Å². The van der Waals surface area contributed by atoms with Gasteiger partial charge in [0, 0.05) is 109 Å². The van der Waals surface area contributed by atoms with E-state index in [1.54, 1.807) is 30.3 Å². The monoisotopic (exact) mass is 1700 g/mol. The molecular weight excluding hydrogens is 1610 g/mol. The van der Waals surface area contributed by atoms with Gasteiger partial charge in [0.2, 0.25) is 0 Å². The number of ketones is 1. The summed E-state index contributed by atoms with van der Waals surface area (Å²) < 4.78 is 48.0. The Morgan fingerprint density at radius 1 is 0.526 bits per heavy atom. The van der Waals surface area contributed by atoms with Gasteiger partial charge in [0.05, 0.1) is 80.0 Å². The number of halogens is 5. The Morgan fingerprint density at radius 3 is 1.33 bits per heavy atom. The largest absolute Gasteiger partial charge is 1.00 e. The van der Waals surface area contributed by atoms with Crippen LogP contribution in [0.4, 0.5) is 29.7 Å². The minimum absolute atomic E-state index is 0. The number of carbonyl (C=O) groups is 2. The predicted molar refractivity (Wildman–Crippen MR) is 454 cm³/mol. The molecule has 0 radical (unpaired) electrons. The Kier molecular flexibility index (Phi) is 35.4. The molecule has 35 heteroatoms. The first-order chi connectivity index (χ1) is 55.1. The molecule has 12 aromatic rings. The maximum atomic E-state index is 12.6. The van der Waals surface area contributed by atoms with E-state index in [1.807, 2.05) is 73.6 Å². The maximum Gasteiger partial charge on any atom is 1.00 e. The number of pyridine rings is 3. The summed E-state index contributed by atoms with van der Waals surface area (Å²) in [6, 6.07) is 29.5. The summed E-state index contributed by atoms with van der Waals surface area (Å²) in [6.07, 6.45) is 5.65. The van der Waals surface area contributed by atoms with Crippen molar-refractivity contribution in [1.82, 2.24) is 44.7 Å². The van der Waals surface area contributed by atoms with Gasteiger partial charge < -0.3 is 89.4 Å². The fraction of sp³-hybridized carbons (Fsp3) is 0.346. The van der Waals surface area contributed by atoms with Crippen molar-refractivity contribution in [2.75, 3.05) is 119 Å². The summed E-state index contributed by atoms with van der Waals surface area (Å²) in [5, 5.41) is 26.7. The number of morpholine rings is 2. The van der Waals surface area contributed by atoms with E-state index >= 15 is 0 Å². The number of alkyl halides is 1. The number of anilines is 5. The van der Waals surface area contributed by atoms with Gasteiger partial charge in [0.25, 0.3) is 30.0 Å². The molecule has 614 valence electrons. The average Bonchev–Trinajstić information content (AvgIpc) is 1.77. The number of oxazole rings is 4. The van der Waals surface area contributed by atoms with E-state index in [4.69, 9.17) is 99.4 Å². The Labute approximate surface area is 717 Å². The summed E-state index contributed by atoms with van der Waals surface area (Å²) in [4.78, 5) is 92.2. The number of nitrogens with zero attached hydrogens (tertiary/aromatic N) is 6. The van der Waals surface area contributed by atoms with Gasteiger partial charge in [-0.2, -0.15) is 19.9 Å². The smallest absolute Gasteiger partial charge is 1.00 e. The Bertz CT molecular complexity index is 5410. The third-order valence-electron chi connectivity index (χ3n) is 16.8. The Balaban J connectivity index is 0.000000202. The van der Waals surface area contributed by atoms with Gasteiger partial charge in [-0.05, 0) is 118 Å². The molecule has 0 atom stereocenters. The molecule has 2 aliphatic rings. The first-order valence-corrected chi connectivity index (χ1v) is 38.8. The van der Waals surface area contributed by atoms with Crippen LogP contribution in [0.15, 0.2) is 154 Å². The SMILES string of the molecule is CC(C)Nc1nc(-c2cc(=O)c3ccc(O)c(Cl)c3[nH]2)co1.CC(C)Nc1nc(-c2cc(=O)c3ccc(OCCN4CCOCC4)c(Cl)c3[nH]2)co1.COc1ccc(C(C)=O)c(NC(=O)c2coc(NC(C)C)n2)c1Cl.COc1ccc2c(=O)cc(-c3coc(NC(C)C)n3)[nH]c2c1Cl.Cc1ccccc1.ClCCN1CCOCC1.[H-].[Na+]. The van der Waals surface area contributed by atoms with E-state index in [-0.39, 0.29) is 116 Å². The summed E-state index contributed by atoms with van der Waals surface area (Å²) in [6.45, 7) is 28.6. The summed E-state index contributed by atoms with van der Waals surface area (Å²) in [5.74, 6) is 1.23. The van der Waals surface area contributed by atoms with Crippen LogP contribution in [0.1, 0.15) is 90.2 Å².